The van der Waals surface area contributed by atoms with E-state index in [0.29, 0.717) is 29.0 Å². The van der Waals surface area contributed by atoms with Crippen LogP contribution in [0.3, 0.4) is 0 Å². The van der Waals surface area contributed by atoms with Gasteiger partial charge in [0, 0.05) is 27.2 Å². The van der Waals surface area contributed by atoms with E-state index in [4.69, 9.17) is 14.8 Å². The van der Waals surface area contributed by atoms with Crippen LogP contribution in [0, 0.1) is 20.8 Å². The lowest BCUT2D eigenvalue weighted by molar-refractivity contribution is -0.113. The number of amides is 1. The highest BCUT2D eigenvalue weighted by Crippen LogP contribution is 2.41. The number of rotatable bonds is 10. The van der Waals surface area contributed by atoms with Crippen molar-refractivity contribution in [2.75, 3.05) is 16.4 Å². The monoisotopic (exact) mass is 645 g/mol. The summed E-state index contributed by atoms with van der Waals surface area (Å²) in [7, 11) is 0. The quantitative estimate of drug-likeness (QED) is 0.133. The molecule has 1 aromatic heterocycles. The van der Waals surface area contributed by atoms with Crippen molar-refractivity contribution in [2.24, 2.45) is 0 Å². The molecule has 7 nitrogen and oxygen atoms in total. The molecule has 1 amide bonds. The fraction of sp³-hybridized carbons (Fsp3) is 0.303. The zero-order valence-corrected chi connectivity index (χ0v) is 27.0. The molecule has 0 fully saturated rings. The third kappa shape index (κ3) is 6.57. The summed E-state index contributed by atoms with van der Waals surface area (Å²) in [5.41, 5.74) is 7.28. The Kier molecular flexibility index (Phi) is 9.38. The summed E-state index contributed by atoms with van der Waals surface area (Å²) in [6.07, 6.45) is 2.18. The molecule has 42 heavy (non-hydrogen) atoms. The average molecular weight is 647 g/mol. The third-order valence-corrected chi connectivity index (χ3v) is 8.86. The van der Waals surface area contributed by atoms with E-state index in [2.05, 4.69) is 64.7 Å². The number of ether oxygens (including phenoxy) is 1. The Morgan fingerprint density at radius 2 is 1.88 bits per heavy atom. The van der Waals surface area contributed by atoms with Crippen molar-refractivity contribution in [2.45, 2.75) is 65.3 Å². The number of anilines is 2. The summed E-state index contributed by atoms with van der Waals surface area (Å²) in [4.78, 5) is 18.9. The Balaban J connectivity index is 1.57. The number of hydrogen-bond donors (Lipinski definition) is 2. The van der Waals surface area contributed by atoms with E-state index in [1.165, 1.54) is 5.56 Å². The number of aromatic nitrogens is 3. The van der Waals surface area contributed by atoms with Crippen molar-refractivity contribution in [3.8, 4) is 5.75 Å². The standard InChI is InChI=1S/C33H36BrN5O2S/c1-6-7-17-42-33-37-32-35-23(5)29(31(40)36-27-10-8-9-21(3)22(27)4)30(39(32)38-33)26-18-25(34)15-16-28(26)41-19-24-13-11-20(2)12-14-24/h8-16,18,30H,6-7,17,19H2,1-5H3,(H,36,40)(H,35,37,38). The Labute approximate surface area is 260 Å². The van der Waals surface area contributed by atoms with Gasteiger partial charge in [-0.2, -0.15) is 4.98 Å². The first-order valence-corrected chi connectivity index (χ1v) is 16.0. The van der Waals surface area contributed by atoms with Crippen molar-refractivity contribution >= 4 is 45.2 Å². The van der Waals surface area contributed by atoms with Gasteiger partial charge in [0.05, 0.1) is 5.57 Å². The Bertz CT molecular complexity index is 1630. The molecular formula is C33H36BrN5O2S. The van der Waals surface area contributed by atoms with Gasteiger partial charge in [-0.25, -0.2) is 4.68 Å². The molecule has 0 saturated carbocycles. The highest BCUT2D eigenvalue weighted by Gasteiger charge is 2.36. The first kappa shape index (κ1) is 29.9. The molecule has 0 bridgehead atoms. The van der Waals surface area contributed by atoms with E-state index < -0.39 is 6.04 Å². The smallest absolute Gasteiger partial charge is 0.255 e. The molecule has 1 atom stereocenters. The van der Waals surface area contributed by atoms with Crippen molar-refractivity contribution < 1.29 is 9.53 Å². The Morgan fingerprint density at radius 1 is 1.10 bits per heavy atom. The molecule has 1 aliphatic rings. The molecule has 0 spiro atoms. The van der Waals surface area contributed by atoms with Crippen LogP contribution in [-0.4, -0.2) is 26.4 Å². The van der Waals surface area contributed by atoms with Crippen LogP contribution in [0.15, 0.2) is 81.6 Å². The van der Waals surface area contributed by atoms with Crippen LogP contribution in [0.4, 0.5) is 11.6 Å². The van der Waals surface area contributed by atoms with Crippen LogP contribution in [0.1, 0.15) is 60.5 Å². The lowest BCUT2D eigenvalue weighted by atomic mass is 9.94. The molecule has 1 aliphatic heterocycles. The van der Waals surface area contributed by atoms with E-state index in [1.54, 1.807) is 11.8 Å². The van der Waals surface area contributed by atoms with Gasteiger partial charge in [-0.05, 0) is 75.1 Å². The molecule has 0 saturated heterocycles. The van der Waals surface area contributed by atoms with E-state index >= 15 is 0 Å². The van der Waals surface area contributed by atoms with Gasteiger partial charge in [0.2, 0.25) is 11.1 Å². The summed E-state index contributed by atoms with van der Waals surface area (Å²) in [5, 5.41) is 12.1. The van der Waals surface area contributed by atoms with Crippen LogP contribution in [0.5, 0.6) is 5.75 Å². The van der Waals surface area contributed by atoms with Gasteiger partial charge in [0.1, 0.15) is 18.4 Å². The number of aryl methyl sites for hydroxylation is 2. The number of carbonyl (C=O) groups is 1. The zero-order valence-electron chi connectivity index (χ0n) is 24.6. The third-order valence-electron chi connectivity index (χ3n) is 7.44. The summed E-state index contributed by atoms with van der Waals surface area (Å²) < 4.78 is 9.13. The Morgan fingerprint density at radius 3 is 2.64 bits per heavy atom. The maximum Gasteiger partial charge on any atom is 0.255 e. The van der Waals surface area contributed by atoms with Crippen LogP contribution in [-0.2, 0) is 11.4 Å². The molecule has 0 aliphatic carbocycles. The fourth-order valence-corrected chi connectivity index (χ4v) is 6.16. The summed E-state index contributed by atoms with van der Waals surface area (Å²) in [5.74, 6) is 2.00. The molecule has 1 unspecified atom stereocenters. The van der Waals surface area contributed by atoms with Crippen molar-refractivity contribution in [3.63, 3.8) is 0 Å². The molecule has 9 heteroatoms. The number of unbranched alkanes of at least 4 members (excludes halogenated alkanes) is 1. The minimum absolute atomic E-state index is 0.204. The first-order chi connectivity index (χ1) is 20.2. The number of hydrogen-bond acceptors (Lipinski definition) is 6. The van der Waals surface area contributed by atoms with Gasteiger partial charge >= 0.3 is 0 Å². The van der Waals surface area contributed by atoms with Crippen molar-refractivity contribution in [3.05, 3.63) is 104 Å². The average Bonchev–Trinajstić information content (AvgIpc) is 3.37. The predicted octanol–water partition coefficient (Wildman–Crippen LogP) is 8.36. The second-order valence-corrected chi connectivity index (χ2v) is 12.6. The minimum atomic E-state index is -0.565. The number of allylic oxidation sites excluding steroid dienone is 1. The van der Waals surface area contributed by atoms with E-state index in [9.17, 15) is 4.79 Å². The summed E-state index contributed by atoms with van der Waals surface area (Å²) in [6, 6.07) is 19.6. The van der Waals surface area contributed by atoms with Gasteiger partial charge in [-0.1, -0.05) is 83.0 Å². The maximum absolute atomic E-state index is 14.1. The molecular weight excluding hydrogens is 610 g/mol. The first-order valence-electron chi connectivity index (χ1n) is 14.2. The number of benzene rings is 3. The number of nitrogens with one attached hydrogen (secondary N) is 2. The predicted molar refractivity (Wildman–Crippen MR) is 174 cm³/mol. The number of thioether (sulfide) groups is 1. The molecule has 218 valence electrons. The fourth-order valence-electron chi connectivity index (χ4n) is 4.87. The van der Waals surface area contributed by atoms with Gasteiger partial charge in [0.15, 0.2) is 0 Å². The van der Waals surface area contributed by atoms with Crippen molar-refractivity contribution in [1.82, 2.24) is 14.8 Å². The number of nitrogens with zero attached hydrogens (tertiary/aromatic N) is 3. The van der Waals surface area contributed by atoms with E-state index in [-0.39, 0.29) is 5.91 Å². The molecule has 0 radical (unpaired) electrons. The number of halogens is 1. The van der Waals surface area contributed by atoms with Gasteiger partial charge in [-0.3, -0.25) is 4.79 Å². The Hall–Kier alpha value is -3.56. The van der Waals surface area contributed by atoms with Crippen LogP contribution >= 0.6 is 27.7 Å². The summed E-state index contributed by atoms with van der Waals surface area (Å²) in [6.45, 7) is 10.6. The lowest BCUT2D eigenvalue weighted by Crippen LogP contribution is -2.32. The summed E-state index contributed by atoms with van der Waals surface area (Å²) >= 11 is 5.29. The van der Waals surface area contributed by atoms with E-state index in [0.717, 1.165) is 56.7 Å². The number of fused-ring (bicyclic) bond motifs is 1. The lowest BCUT2D eigenvalue weighted by Gasteiger charge is -2.30. The largest absolute Gasteiger partial charge is 0.489 e. The highest BCUT2D eigenvalue weighted by atomic mass is 79.9. The maximum atomic E-state index is 14.1. The molecule has 2 heterocycles. The second-order valence-electron chi connectivity index (χ2n) is 10.6. The van der Waals surface area contributed by atoms with Gasteiger partial charge in [0.25, 0.3) is 5.91 Å². The van der Waals surface area contributed by atoms with Crippen LogP contribution in [0.2, 0.25) is 0 Å². The normalized spacial score (nSPS) is 14.4. The molecule has 3 aromatic carbocycles. The molecule has 4 aromatic rings. The molecule has 2 N–H and O–H groups in total. The second kappa shape index (κ2) is 13.2. The minimum Gasteiger partial charge on any atom is -0.489 e. The van der Waals surface area contributed by atoms with Crippen LogP contribution in [0.25, 0.3) is 0 Å². The van der Waals surface area contributed by atoms with Gasteiger partial charge < -0.3 is 15.4 Å². The van der Waals surface area contributed by atoms with E-state index in [1.807, 2.05) is 61.9 Å². The molecule has 5 rings (SSSR count). The zero-order chi connectivity index (χ0) is 29.8. The highest BCUT2D eigenvalue weighted by molar-refractivity contribution is 9.10. The van der Waals surface area contributed by atoms with Gasteiger partial charge in [-0.15, -0.1) is 5.10 Å². The van der Waals surface area contributed by atoms with Crippen LogP contribution < -0.4 is 15.4 Å². The number of carbonyl (C=O) groups excluding carboxylic acids is 1. The van der Waals surface area contributed by atoms with Crippen molar-refractivity contribution in [1.29, 1.82) is 0 Å². The topological polar surface area (TPSA) is 81.1 Å². The SMILES string of the molecule is CCCCSc1nc2n(n1)C(c1cc(Br)ccc1OCc1ccc(C)cc1)C(C(=O)Nc1cccc(C)c1C)=C(C)N2.